The topological polar surface area (TPSA) is 40.6 Å². The van der Waals surface area contributed by atoms with Crippen LogP contribution in [-0.2, 0) is 16.1 Å². The van der Waals surface area contributed by atoms with E-state index in [0.29, 0.717) is 18.7 Å². The average Bonchev–Trinajstić information content (AvgIpc) is 2.91. The molecule has 1 aromatic rings. The molecule has 23 heavy (non-hydrogen) atoms. The molecule has 0 aromatic heterocycles. The van der Waals surface area contributed by atoms with Crippen molar-refractivity contribution in [3.05, 3.63) is 35.9 Å². The van der Waals surface area contributed by atoms with Crippen molar-refractivity contribution in [2.24, 2.45) is 5.92 Å². The summed E-state index contributed by atoms with van der Waals surface area (Å²) in [5.74, 6) is 0.474. The zero-order chi connectivity index (χ0) is 16.4. The molecular formula is C19H26N2O2. The molecule has 1 heterocycles. The Balaban J connectivity index is 1.83. The van der Waals surface area contributed by atoms with Gasteiger partial charge >= 0.3 is 0 Å². The maximum Gasteiger partial charge on any atom is 0.225 e. The predicted octanol–water partition coefficient (Wildman–Crippen LogP) is 2.48. The lowest BCUT2D eigenvalue weighted by molar-refractivity contribution is -0.145. The van der Waals surface area contributed by atoms with Gasteiger partial charge < -0.3 is 4.90 Å². The lowest BCUT2D eigenvalue weighted by atomic mass is 9.89. The van der Waals surface area contributed by atoms with Crippen LogP contribution in [0.2, 0.25) is 0 Å². The van der Waals surface area contributed by atoms with Crippen molar-refractivity contribution >= 4 is 11.7 Å². The van der Waals surface area contributed by atoms with Crippen LogP contribution in [0.25, 0.3) is 0 Å². The van der Waals surface area contributed by atoms with E-state index in [1.165, 1.54) is 5.56 Å². The second-order valence-corrected chi connectivity index (χ2v) is 7.13. The molecule has 2 fully saturated rings. The van der Waals surface area contributed by atoms with Gasteiger partial charge in [-0.05, 0) is 18.4 Å². The molecule has 1 aliphatic heterocycles. The number of ketones is 1. The molecule has 1 saturated heterocycles. The summed E-state index contributed by atoms with van der Waals surface area (Å²) in [7, 11) is 0. The molecule has 124 valence electrons. The van der Waals surface area contributed by atoms with Crippen LogP contribution < -0.4 is 0 Å². The van der Waals surface area contributed by atoms with Crippen LogP contribution in [-0.4, -0.2) is 46.7 Å². The fourth-order valence-corrected chi connectivity index (χ4v) is 3.95. The third-order valence-electron chi connectivity index (χ3n) is 5.23. The van der Waals surface area contributed by atoms with E-state index < -0.39 is 5.54 Å². The minimum absolute atomic E-state index is 0.00997. The first-order chi connectivity index (χ1) is 11.0. The molecule has 0 N–H and O–H groups in total. The highest BCUT2D eigenvalue weighted by atomic mass is 16.2. The molecule has 1 spiro atoms. The van der Waals surface area contributed by atoms with Crippen LogP contribution >= 0.6 is 0 Å². The van der Waals surface area contributed by atoms with E-state index in [2.05, 4.69) is 17.0 Å². The van der Waals surface area contributed by atoms with E-state index in [1.54, 1.807) is 0 Å². The van der Waals surface area contributed by atoms with E-state index in [-0.39, 0.29) is 11.8 Å². The number of benzene rings is 1. The lowest BCUT2D eigenvalue weighted by Crippen LogP contribution is -2.65. The standard InChI is InChI=1S/C19H26N2O2/c1-15(2)18(23)20-11-12-21(13-16-7-4-3-5-8-16)19(14-20)10-6-9-17(19)22/h3-5,7-8,15H,6,9-14H2,1-2H3. The summed E-state index contributed by atoms with van der Waals surface area (Å²) >= 11 is 0. The Labute approximate surface area is 138 Å². The first kappa shape index (κ1) is 16.2. The summed E-state index contributed by atoms with van der Waals surface area (Å²) in [6.45, 7) is 6.72. The van der Waals surface area contributed by atoms with Gasteiger partial charge in [0.25, 0.3) is 0 Å². The Morgan fingerprint density at radius 3 is 2.57 bits per heavy atom. The molecule has 4 nitrogen and oxygen atoms in total. The van der Waals surface area contributed by atoms with Gasteiger partial charge in [0.2, 0.25) is 5.91 Å². The molecule has 2 aliphatic rings. The highest BCUT2D eigenvalue weighted by Crippen LogP contribution is 2.36. The van der Waals surface area contributed by atoms with Crippen LogP contribution in [0.1, 0.15) is 38.7 Å². The van der Waals surface area contributed by atoms with E-state index in [0.717, 1.165) is 32.5 Å². The molecule has 1 saturated carbocycles. The lowest BCUT2D eigenvalue weighted by Gasteiger charge is -2.48. The number of amides is 1. The average molecular weight is 314 g/mol. The smallest absolute Gasteiger partial charge is 0.225 e. The third-order valence-corrected chi connectivity index (χ3v) is 5.23. The third kappa shape index (κ3) is 3.05. The number of nitrogens with zero attached hydrogens (tertiary/aromatic N) is 2. The molecule has 1 atom stereocenters. The normalized spacial score (nSPS) is 25.5. The van der Waals surface area contributed by atoms with Gasteiger partial charge in [0.15, 0.2) is 5.78 Å². The van der Waals surface area contributed by atoms with Gasteiger partial charge in [-0.1, -0.05) is 44.2 Å². The van der Waals surface area contributed by atoms with Crippen molar-refractivity contribution in [1.29, 1.82) is 0 Å². The fraction of sp³-hybridized carbons (Fsp3) is 0.579. The number of hydrogen-bond donors (Lipinski definition) is 0. The van der Waals surface area contributed by atoms with Crippen molar-refractivity contribution in [1.82, 2.24) is 9.80 Å². The second-order valence-electron chi connectivity index (χ2n) is 7.13. The van der Waals surface area contributed by atoms with Crippen LogP contribution in [0, 0.1) is 5.92 Å². The van der Waals surface area contributed by atoms with Crippen LogP contribution in [0.5, 0.6) is 0 Å². The maximum absolute atomic E-state index is 12.7. The number of carbonyl (C=O) groups excluding carboxylic acids is 2. The van der Waals surface area contributed by atoms with Crippen molar-refractivity contribution in [3.8, 4) is 0 Å². The summed E-state index contributed by atoms with van der Waals surface area (Å²) in [4.78, 5) is 29.3. The van der Waals surface area contributed by atoms with E-state index in [9.17, 15) is 9.59 Å². The Hall–Kier alpha value is -1.68. The van der Waals surface area contributed by atoms with Crippen LogP contribution in [0.3, 0.4) is 0 Å². The number of Topliss-reactive ketones (excluding diaryl/α,β-unsaturated/α-hetero) is 1. The van der Waals surface area contributed by atoms with Gasteiger partial charge in [-0.25, -0.2) is 0 Å². The van der Waals surface area contributed by atoms with Gasteiger partial charge in [-0.2, -0.15) is 0 Å². The molecule has 4 heteroatoms. The summed E-state index contributed by atoms with van der Waals surface area (Å²) in [5.41, 5.74) is 0.772. The van der Waals surface area contributed by atoms with Gasteiger partial charge in [0.1, 0.15) is 0 Å². The fourth-order valence-electron chi connectivity index (χ4n) is 3.95. The summed E-state index contributed by atoms with van der Waals surface area (Å²) in [5, 5.41) is 0. The zero-order valence-electron chi connectivity index (χ0n) is 14.1. The Morgan fingerprint density at radius 2 is 1.96 bits per heavy atom. The first-order valence-electron chi connectivity index (χ1n) is 8.64. The van der Waals surface area contributed by atoms with Gasteiger partial charge in [-0.15, -0.1) is 0 Å². The summed E-state index contributed by atoms with van der Waals surface area (Å²) in [6.07, 6.45) is 2.46. The minimum Gasteiger partial charge on any atom is -0.339 e. The van der Waals surface area contributed by atoms with E-state index in [1.807, 2.05) is 36.9 Å². The molecule has 0 radical (unpaired) electrons. The van der Waals surface area contributed by atoms with Gasteiger partial charge in [0.05, 0.1) is 5.54 Å². The van der Waals surface area contributed by atoms with Crippen LogP contribution in [0.4, 0.5) is 0 Å². The Bertz CT molecular complexity index is 584. The Kier molecular flexibility index (Phi) is 4.53. The van der Waals surface area contributed by atoms with Crippen molar-refractivity contribution < 1.29 is 9.59 Å². The zero-order valence-corrected chi connectivity index (χ0v) is 14.1. The van der Waals surface area contributed by atoms with E-state index >= 15 is 0 Å². The SMILES string of the molecule is CC(C)C(=O)N1CCN(Cc2ccccc2)C2(CCCC2=O)C1. The van der Waals surface area contributed by atoms with Gasteiger partial charge in [-0.3, -0.25) is 14.5 Å². The second kappa shape index (κ2) is 6.44. The highest BCUT2D eigenvalue weighted by Gasteiger charge is 2.50. The first-order valence-corrected chi connectivity index (χ1v) is 8.64. The molecule has 0 bridgehead atoms. The Morgan fingerprint density at radius 1 is 1.22 bits per heavy atom. The largest absolute Gasteiger partial charge is 0.339 e. The molecule has 1 amide bonds. The van der Waals surface area contributed by atoms with Crippen molar-refractivity contribution in [3.63, 3.8) is 0 Å². The van der Waals surface area contributed by atoms with Crippen molar-refractivity contribution in [2.45, 2.75) is 45.2 Å². The molecule has 1 aromatic carbocycles. The monoisotopic (exact) mass is 314 g/mol. The predicted molar refractivity (Wildman–Crippen MR) is 89.9 cm³/mol. The molecule has 3 rings (SSSR count). The maximum atomic E-state index is 12.7. The van der Waals surface area contributed by atoms with Crippen molar-refractivity contribution in [2.75, 3.05) is 19.6 Å². The number of carbonyl (C=O) groups is 2. The van der Waals surface area contributed by atoms with Gasteiger partial charge in [0, 0.05) is 38.5 Å². The number of piperazine rings is 1. The number of rotatable bonds is 3. The van der Waals surface area contributed by atoms with Crippen LogP contribution in [0.15, 0.2) is 30.3 Å². The summed E-state index contributed by atoms with van der Waals surface area (Å²) < 4.78 is 0. The quantitative estimate of drug-likeness (QED) is 0.860. The molecule has 1 aliphatic carbocycles. The minimum atomic E-state index is -0.460. The molecule has 1 unspecified atom stereocenters. The molecular weight excluding hydrogens is 288 g/mol. The van der Waals surface area contributed by atoms with E-state index in [4.69, 9.17) is 0 Å². The number of hydrogen-bond acceptors (Lipinski definition) is 3. The summed E-state index contributed by atoms with van der Waals surface area (Å²) in [6, 6.07) is 10.3. The highest BCUT2D eigenvalue weighted by molar-refractivity contribution is 5.92.